The summed E-state index contributed by atoms with van der Waals surface area (Å²) in [7, 11) is -3.62. The van der Waals surface area contributed by atoms with Crippen molar-refractivity contribution in [2.75, 3.05) is 13.1 Å². The van der Waals surface area contributed by atoms with E-state index in [-0.39, 0.29) is 29.6 Å². The number of carbonyl (C=O) groups is 1. The zero-order valence-corrected chi connectivity index (χ0v) is 14.8. The molecule has 0 spiro atoms. The van der Waals surface area contributed by atoms with Crippen LogP contribution in [0.4, 0.5) is 4.39 Å². The Morgan fingerprint density at radius 3 is 2.48 bits per heavy atom. The highest BCUT2D eigenvalue weighted by Gasteiger charge is 2.16. The maximum absolute atomic E-state index is 13.2. The van der Waals surface area contributed by atoms with E-state index in [4.69, 9.17) is 0 Å². The molecule has 0 saturated carbocycles. The molecule has 2 rings (SSSR count). The van der Waals surface area contributed by atoms with Gasteiger partial charge in [-0.1, -0.05) is 30.3 Å². The second-order valence-corrected chi connectivity index (χ2v) is 7.27. The van der Waals surface area contributed by atoms with Crippen molar-refractivity contribution in [3.8, 4) is 0 Å². The average Bonchev–Trinajstić information content (AvgIpc) is 2.60. The standard InChI is InChI=1S/C18H21FN2O3S/c1-2-21(14-15-7-6-8-16(19)13-15)18(22)11-12-20-25(23,24)17-9-4-3-5-10-17/h3-10,13,20H,2,11-12,14H2,1H3. The lowest BCUT2D eigenvalue weighted by Crippen LogP contribution is -2.34. The monoisotopic (exact) mass is 364 g/mol. The normalized spacial score (nSPS) is 11.3. The molecule has 0 aliphatic carbocycles. The van der Waals surface area contributed by atoms with E-state index in [1.807, 2.05) is 6.92 Å². The molecule has 0 aliphatic rings. The van der Waals surface area contributed by atoms with Gasteiger partial charge in [0.15, 0.2) is 0 Å². The van der Waals surface area contributed by atoms with Gasteiger partial charge in [-0.2, -0.15) is 0 Å². The highest BCUT2D eigenvalue weighted by atomic mass is 32.2. The van der Waals surface area contributed by atoms with Gasteiger partial charge < -0.3 is 4.90 Å². The lowest BCUT2D eigenvalue weighted by atomic mass is 10.2. The molecule has 0 aliphatic heterocycles. The minimum atomic E-state index is -3.62. The number of sulfonamides is 1. The van der Waals surface area contributed by atoms with Crippen molar-refractivity contribution in [3.05, 3.63) is 66.0 Å². The lowest BCUT2D eigenvalue weighted by Gasteiger charge is -2.21. The van der Waals surface area contributed by atoms with Crippen molar-refractivity contribution in [1.29, 1.82) is 0 Å². The molecule has 1 amide bonds. The maximum atomic E-state index is 13.2. The van der Waals surface area contributed by atoms with E-state index in [0.717, 1.165) is 0 Å². The van der Waals surface area contributed by atoms with Crippen molar-refractivity contribution in [2.24, 2.45) is 0 Å². The van der Waals surface area contributed by atoms with Gasteiger partial charge in [0.1, 0.15) is 5.82 Å². The molecule has 0 aromatic heterocycles. The Morgan fingerprint density at radius 2 is 1.84 bits per heavy atom. The molecule has 134 valence electrons. The second-order valence-electron chi connectivity index (χ2n) is 5.50. The van der Waals surface area contributed by atoms with Gasteiger partial charge in [-0.15, -0.1) is 0 Å². The van der Waals surface area contributed by atoms with E-state index in [0.29, 0.717) is 18.7 Å². The third kappa shape index (κ3) is 5.65. The number of carbonyl (C=O) groups excluding carboxylic acids is 1. The summed E-state index contributed by atoms with van der Waals surface area (Å²) >= 11 is 0. The quantitative estimate of drug-likeness (QED) is 0.783. The van der Waals surface area contributed by atoms with Crippen LogP contribution < -0.4 is 4.72 Å². The fourth-order valence-corrected chi connectivity index (χ4v) is 3.42. The minimum Gasteiger partial charge on any atom is -0.339 e. The molecule has 2 aromatic carbocycles. The lowest BCUT2D eigenvalue weighted by molar-refractivity contribution is -0.131. The maximum Gasteiger partial charge on any atom is 0.240 e. The highest BCUT2D eigenvalue weighted by molar-refractivity contribution is 7.89. The van der Waals surface area contributed by atoms with Crippen LogP contribution in [0.1, 0.15) is 18.9 Å². The number of nitrogens with zero attached hydrogens (tertiary/aromatic N) is 1. The Bertz CT molecular complexity index is 810. The Morgan fingerprint density at radius 1 is 1.12 bits per heavy atom. The van der Waals surface area contributed by atoms with Crippen LogP contribution >= 0.6 is 0 Å². The molecule has 0 heterocycles. The minimum absolute atomic E-state index is 0.00963. The van der Waals surface area contributed by atoms with Crippen LogP contribution in [-0.4, -0.2) is 32.3 Å². The molecule has 0 atom stereocenters. The van der Waals surface area contributed by atoms with Crippen LogP contribution in [0.5, 0.6) is 0 Å². The zero-order chi connectivity index (χ0) is 18.3. The van der Waals surface area contributed by atoms with Crippen LogP contribution in [-0.2, 0) is 21.4 Å². The van der Waals surface area contributed by atoms with Gasteiger partial charge in [0, 0.05) is 26.1 Å². The number of hydrogen-bond acceptors (Lipinski definition) is 3. The van der Waals surface area contributed by atoms with Gasteiger partial charge in [0.2, 0.25) is 15.9 Å². The highest BCUT2D eigenvalue weighted by Crippen LogP contribution is 2.09. The third-order valence-electron chi connectivity index (χ3n) is 3.68. The van der Waals surface area contributed by atoms with Gasteiger partial charge in [-0.05, 0) is 36.8 Å². The molecule has 0 radical (unpaired) electrons. The molecule has 7 heteroatoms. The van der Waals surface area contributed by atoms with Crippen molar-refractivity contribution in [3.63, 3.8) is 0 Å². The first kappa shape index (κ1) is 19.1. The number of nitrogens with one attached hydrogen (secondary N) is 1. The van der Waals surface area contributed by atoms with E-state index >= 15 is 0 Å². The molecule has 0 saturated heterocycles. The smallest absolute Gasteiger partial charge is 0.240 e. The van der Waals surface area contributed by atoms with E-state index in [9.17, 15) is 17.6 Å². The molecule has 2 aromatic rings. The van der Waals surface area contributed by atoms with Gasteiger partial charge in [-0.3, -0.25) is 4.79 Å². The number of benzene rings is 2. The van der Waals surface area contributed by atoms with Gasteiger partial charge in [-0.25, -0.2) is 17.5 Å². The molecule has 0 bridgehead atoms. The Kier molecular flexibility index (Phi) is 6.66. The number of halogens is 1. The molecular formula is C18H21FN2O3S. The zero-order valence-electron chi connectivity index (χ0n) is 14.0. The Balaban J connectivity index is 1.90. The summed E-state index contributed by atoms with van der Waals surface area (Å²) in [6.45, 7) is 2.58. The molecule has 1 N–H and O–H groups in total. The number of hydrogen-bond donors (Lipinski definition) is 1. The summed E-state index contributed by atoms with van der Waals surface area (Å²) in [5, 5.41) is 0. The first-order chi connectivity index (χ1) is 11.9. The Labute approximate surface area is 147 Å². The number of amides is 1. The van der Waals surface area contributed by atoms with E-state index in [1.54, 1.807) is 35.2 Å². The van der Waals surface area contributed by atoms with Crippen LogP contribution in [0.2, 0.25) is 0 Å². The first-order valence-corrected chi connectivity index (χ1v) is 9.47. The predicted octanol–water partition coefficient (Wildman–Crippen LogP) is 2.54. The predicted molar refractivity (Wildman–Crippen MR) is 93.7 cm³/mol. The summed E-state index contributed by atoms with van der Waals surface area (Å²) in [6.07, 6.45) is 0.0369. The largest absolute Gasteiger partial charge is 0.339 e. The van der Waals surface area contributed by atoms with Crippen LogP contribution in [0.3, 0.4) is 0 Å². The van der Waals surface area contributed by atoms with Crippen molar-refractivity contribution < 1.29 is 17.6 Å². The average molecular weight is 364 g/mol. The van der Waals surface area contributed by atoms with Gasteiger partial charge in [0.05, 0.1) is 4.90 Å². The van der Waals surface area contributed by atoms with Crippen LogP contribution in [0, 0.1) is 5.82 Å². The SMILES string of the molecule is CCN(Cc1cccc(F)c1)C(=O)CCNS(=O)(=O)c1ccccc1. The van der Waals surface area contributed by atoms with Crippen molar-refractivity contribution in [1.82, 2.24) is 9.62 Å². The molecule has 5 nitrogen and oxygen atoms in total. The van der Waals surface area contributed by atoms with Gasteiger partial charge >= 0.3 is 0 Å². The fourth-order valence-electron chi connectivity index (χ4n) is 2.37. The van der Waals surface area contributed by atoms with Crippen molar-refractivity contribution >= 4 is 15.9 Å². The van der Waals surface area contributed by atoms with Crippen LogP contribution in [0.25, 0.3) is 0 Å². The number of rotatable bonds is 8. The first-order valence-electron chi connectivity index (χ1n) is 7.99. The van der Waals surface area contributed by atoms with Crippen molar-refractivity contribution in [2.45, 2.75) is 24.8 Å². The topological polar surface area (TPSA) is 66.5 Å². The summed E-state index contributed by atoms with van der Waals surface area (Å²) < 4.78 is 39.9. The van der Waals surface area contributed by atoms with E-state index in [2.05, 4.69) is 4.72 Å². The second kappa shape index (κ2) is 8.73. The van der Waals surface area contributed by atoms with E-state index < -0.39 is 10.0 Å². The molecule has 0 unspecified atom stereocenters. The van der Waals surface area contributed by atoms with Crippen LogP contribution in [0.15, 0.2) is 59.5 Å². The summed E-state index contributed by atoms with van der Waals surface area (Å²) in [5.41, 5.74) is 0.695. The summed E-state index contributed by atoms with van der Waals surface area (Å²) in [5.74, 6) is -0.542. The van der Waals surface area contributed by atoms with Gasteiger partial charge in [0.25, 0.3) is 0 Å². The summed E-state index contributed by atoms with van der Waals surface area (Å²) in [4.78, 5) is 14.0. The Hall–Kier alpha value is -2.25. The molecule has 25 heavy (non-hydrogen) atoms. The summed E-state index contributed by atoms with van der Waals surface area (Å²) in [6, 6.07) is 14.1. The molecular weight excluding hydrogens is 343 g/mol. The van der Waals surface area contributed by atoms with E-state index in [1.165, 1.54) is 24.3 Å². The third-order valence-corrected chi connectivity index (χ3v) is 5.16. The fraction of sp³-hybridized carbons (Fsp3) is 0.278. The molecule has 0 fully saturated rings.